The van der Waals surface area contributed by atoms with Gasteiger partial charge in [0.05, 0.1) is 5.92 Å². The molecule has 1 N–H and O–H groups in total. The third-order valence-electron chi connectivity index (χ3n) is 9.01. The molecule has 0 radical (unpaired) electrons. The maximum Gasteiger partial charge on any atom is 0.306 e. The number of aliphatic carboxylic acids is 1. The lowest BCUT2D eigenvalue weighted by atomic mass is 9.38. The van der Waals surface area contributed by atoms with Crippen LogP contribution >= 0.6 is 0 Å². The molecule has 6 rings (SSSR count). The topological polar surface area (TPSA) is 71.4 Å². The zero-order chi connectivity index (χ0) is 19.8. The van der Waals surface area contributed by atoms with E-state index in [4.69, 9.17) is 0 Å². The smallest absolute Gasteiger partial charge is 0.306 e. The number of carbonyl (C=O) groups excluding carboxylic acids is 2. The van der Waals surface area contributed by atoms with Crippen molar-refractivity contribution in [3.63, 3.8) is 0 Å². The van der Waals surface area contributed by atoms with Crippen molar-refractivity contribution in [2.24, 2.45) is 52.8 Å². The fourth-order valence-corrected chi connectivity index (χ4v) is 8.10. The molecule has 4 heteroatoms. The standard InChI is InChI=1S/C24H30O4/c1-12(2)17-11-24-9-8-13-14(4-3-5-15(13)23(27)28)18(24)10-16(17)21-19(25)6-7-20(26)22(21)24/h6-7,11-16,18,21-22H,3-5,8-10H2,1-2H3,(H,27,28)/t13-,14+,15-,16-,18+,21+,22-,24+/m1/s1. The minimum Gasteiger partial charge on any atom is -0.481 e. The van der Waals surface area contributed by atoms with Gasteiger partial charge in [-0.2, -0.15) is 0 Å². The van der Waals surface area contributed by atoms with E-state index in [0.29, 0.717) is 17.8 Å². The normalized spacial score (nSPS) is 46.7. The second kappa shape index (κ2) is 6.14. The summed E-state index contributed by atoms with van der Waals surface area (Å²) in [7, 11) is 0. The van der Waals surface area contributed by atoms with Gasteiger partial charge in [-0.1, -0.05) is 31.9 Å². The molecule has 2 bridgehead atoms. The highest BCUT2D eigenvalue weighted by molar-refractivity contribution is 6.08. The quantitative estimate of drug-likeness (QED) is 0.731. The van der Waals surface area contributed by atoms with Crippen molar-refractivity contribution in [2.45, 2.75) is 52.4 Å². The van der Waals surface area contributed by atoms with E-state index in [0.717, 1.165) is 38.5 Å². The van der Waals surface area contributed by atoms with E-state index < -0.39 is 5.97 Å². The third-order valence-corrected chi connectivity index (χ3v) is 9.01. The minimum absolute atomic E-state index is 0.127. The average molecular weight is 383 g/mol. The van der Waals surface area contributed by atoms with Crippen molar-refractivity contribution in [1.82, 2.24) is 0 Å². The number of carboxylic acid groups (broad SMARTS) is 1. The Kier molecular flexibility index (Phi) is 4.02. The van der Waals surface area contributed by atoms with Gasteiger partial charge in [0.1, 0.15) is 0 Å². The second-order valence-electron chi connectivity index (χ2n) is 10.2. The lowest BCUT2D eigenvalue weighted by Gasteiger charge is -2.65. The highest BCUT2D eigenvalue weighted by Gasteiger charge is 2.66. The Morgan fingerprint density at radius 1 is 1.11 bits per heavy atom. The van der Waals surface area contributed by atoms with E-state index in [1.54, 1.807) is 0 Å². The molecule has 28 heavy (non-hydrogen) atoms. The number of hydrogen-bond donors (Lipinski definition) is 1. The SMILES string of the molecule is CC(C)C1=C[C@@]23CC[C@@H]4[C@H](CCC[C@H]4C(=O)O)[C@@H]2C[C@H]1[C@H]1C(=O)C=CC(=O)[C@H]13. The van der Waals surface area contributed by atoms with Crippen LogP contribution in [0.25, 0.3) is 0 Å². The van der Waals surface area contributed by atoms with Crippen molar-refractivity contribution in [2.75, 3.05) is 0 Å². The maximum atomic E-state index is 13.1. The molecule has 4 nitrogen and oxygen atoms in total. The number of fused-ring (bicyclic) bond motifs is 1. The van der Waals surface area contributed by atoms with Gasteiger partial charge in [-0.05, 0) is 73.8 Å². The van der Waals surface area contributed by atoms with E-state index in [1.165, 1.54) is 17.7 Å². The van der Waals surface area contributed by atoms with Crippen molar-refractivity contribution < 1.29 is 19.5 Å². The molecule has 150 valence electrons. The number of carbonyl (C=O) groups is 3. The first-order valence-electron chi connectivity index (χ1n) is 11.1. The lowest BCUT2D eigenvalue weighted by Crippen LogP contribution is -2.62. The fraction of sp³-hybridized carbons (Fsp3) is 0.708. The molecule has 8 atom stereocenters. The Hall–Kier alpha value is -1.71. The molecule has 0 unspecified atom stereocenters. The molecular formula is C24H30O4. The van der Waals surface area contributed by atoms with Gasteiger partial charge < -0.3 is 5.11 Å². The van der Waals surface area contributed by atoms with E-state index in [-0.39, 0.29) is 46.6 Å². The average Bonchev–Trinajstić information content (AvgIpc) is 2.68. The monoisotopic (exact) mass is 382 g/mol. The largest absolute Gasteiger partial charge is 0.481 e. The molecule has 6 aliphatic rings. The van der Waals surface area contributed by atoms with Gasteiger partial charge in [-0.25, -0.2) is 0 Å². The summed E-state index contributed by atoms with van der Waals surface area (Å²) in [6.07, 6.45) is 11.0. The van der Waals surface area contributed by atoms with Gasteiger partial charge in [-0.15, -0.1) is 0 Å². The van der Waals surface area contributed by atoms with Crippen molar-refractivity contribution in [3.05, 3.63) is 23.8 Å². The first kappa shape index (κ1) is 18.3. The molecule has 0 heterocycles. The van der Waals surface area contributed by atoms with E-state index in [2.05, 4.69) is 19.9 Å². The van der Waals surface area contributed by atoms with Crippen molar-refractivity contribution >= 4 is 17.5 Å². The highest BCUT2D eigenvalue weighted by atomic mass is 16.4. The Balaban J connectivity index is 1.62. The minimum atomic E-state index is -0.644. The molecule has 3 fully saturated rings. The van der Waals surface area contributed by atoms with E-state index >= 15 is 0 Å². The molecule has 0 aliphatic heterocycles. The van der Waals surface area contributed by atoms with Gasteiger partial charge in [-0.3, -0.25) is 14.4 Å². The summed E-state index contributed by atoms with van der Waals surface area (Å²) in [6.45, 7) is 4.40. The third kappa shape index (κ3) is 2.26. The molecule has 3 saturated carbocycles. The Morgan fingerprint density at radius 3 is 2.57 bits per heavy atom. The summed E-state index contributed by atoms with van der Waals surface area (Å²) in [5, 5.41) is 9.76. The summed E-state index contributed by atoms with van der Waals surface area (Å²) in [4.78, 5) is 37.8. The van der Waals surface area contributed by atoms with Crippen LogP contribution in [-0.4, -0.2) is 22.6 Å². The van der Waals surface area contributed by atoms with Gasteiger partial charge in [0.2, 0.25) is 0 Å². The zero-order valence-corrected chi connectivity index (χ0v) is 16.8. The summed E-state index contributed by atoms with van der Waals surface area (Å²) >= 11 is 0. The highest BCUT2D eigenvalue weighted by Crippen LogP contribution is 2.69. The van der Waals surface area contributed by atoms with Gasteiger partial charge in [0, 0.05) is 17.3 Å². The Morgan fingerprint density at radius 2 is 1.86 bits per heavy atom. The summed E-state index contributed by atoms with van der Waals surface area (Å²) < 4.78 is 0. The van der Waals surface area contributed by atoms with Crippen LogP contribution in [0.3, 0.4) is 0 Å². The predicted molar refractivity (Wildman–Crippen MR) is 104 cm³/mol. The van der Waals surface area contributed by atoms with Crippen LogP contribution in [0.15, 0.2) is 23.8 Å². The van der Waals surface area contributed by atoms with Gasteiger partial charge in [0.25, 0.3) is 0 Å². The van der Waals surface area contributed by atoms with Crippen LogP contribution in [0.4, 0.5) is 0 Å². The number of hydrogen-bond acceptors (Lipinski definition) is 3. The molecule has 0 aromatic carbocycles. The Labute approximate surface area is 166 Å². The molecule has 0 amide bonds. The molecule has 0 saturated heterocycles. The number of ketones is 2. The van der Waals surface area contributed by atoms with Crippen molar-refractivity contribution in [1.29, 1.82) is 0 Å². The van der Waals surface area contributed by atoms with Crippen LogP contribution in [0.1, 0.15) is 52.4 Å². The Bertz CT molecular complexity index is 805. The van der Waals surface area contributed by atoms with Crippen LogP contribution in [0.2, 0.25) is 0 Å². The first-order chi connectivity index (χ1) is 13.3. The van der Waals surface area contributed by atoms with Gasteiger partial charge >= 0.3 is 5.97 Å². The second-order valence-corrected chi connectivity index (χ2v) is 10.2. The van der Waals surface area contributed by atoms with Crippen LogP contribution in [0.5, 0.6) is 0 Å². The molecule has 0 aromatic rings. The summed E-state index contributed by atoms with van der Waals surface area (Å²) in [5.41, 5.74) is 1.14. The van der Waals surface area contributed by atoms with Crippen LogP contribution in [-0.2, 0) is 14.4 Å². The molecular weight excluding hydrogens is 352 g/mol. The van der Waals surface area contributed by atoms with Crippen molar-refractivity contribution in [3.8, 4) is 0 Å². The maximum absolute atomic E-state index is 13.1. The number of carboxylic acids is 1. The molecule has 1 spiro atoms. The summed E-state index contributed by atoms with van der Waals surface area (Å²) in [6, 6.07) is 0. The van der Waals surface area contributed by atoms with Crippen LogP contribution in [0, 0.1) is 52.8 Å². The number of allylic oxidation sites excluding steroid dienone is 4. The lowest BCUT2D eigenvalue weighted by molar-refractivity contribution is -0.164. The van der Waals surface area contributed by atoms with Gasteiger partial charge in [0.15, 0.2) is 11.6 Å². The number of rotatable bonds is 2. The van der Waals surface area contributed by atoms with E-state index in [9.17, 15) is 19.5 Å². The van der Waals surface area contributed by atoms with Crippen LogP contribution < -0.4 is 0 Å². The fourth-order valence-electron chi connectivity index (χ4n) is 8.10. The first-order valence-corrected chi connectivity index (χ1v) is 11.1. The molecule has 0 aromatic heterocycles. The molecule has 6 aliphatic carbocycles. The van der Waals surface area contributed by atoms with E-state index in [1.807, 2.05) is 0 Å². The summed E-state index contributed by atoms with van der Waals surface area (Å²) in [5.74, 6) is 0.482. The zero-order valence-electron chi connectivity index (χ0n) is 16.8. The predicted octanol–water partition coefficient (Wildman–Crippen LogP) is 4.06.